The molecule has 4 rings (SSSR count). The number of carbonyl (C=O) groups excluding carboxylic acids is 2. The van der Waals surface area contributed by atoms with Crippen LogP contribution in [-0.2, 0) is 0 Å². The van der Waals surface area contributed by atoms with Gasteiger partial charge in [0, 0.05) is 24.8 Å². The molecule has 0 saturated heterocycles. The van der Waals surface area contributed by atoms with Crippen molar-refractivity contribution < 1.29 is 14.0 Å². The predicted molar refractivity (Wildman–Crippen MR) is 108 cm³/mol. The van der Waals surface area contributed by atoms with Gasteiger partial charge in [-0.2, -0.15) is 5.10 Å². The van der Waals surface area contributed by atoms with Gasteiger partial charge in [0.05, 0.1) is 16.9 Å². The van der Waals surface area contributed by atoms with Crippen LogP contribution in [0.4, 0.5) is 15.8 Å². The second-order valence-corrected chi connectivity index (χ2v) is 6.17. The Morgan fingerprint density at radius 1 is 0.867 bits per heavy atom. The van der Waals surface area contributed by atoms with E-state index in [0.717, 1.165) is 6.07 Å². The highest BCUT2D eigenvalue weighted by Crippen LogP contribution is 2.24. The maximum Gasteiger partial charge on any atom is 0.274 e. The van der Waals surface area contributed by atoms with Crippen LogP contribution in [0, 0.1) is 5.82 Å². The van der Waals surface area contributed by atoms with Gasteiger partial charge >= 0.3 is 0 Å². The van der Waals surface area contributed by atoms with E-state index >= 15 is 0 Å². The van der Waals surface area contributed by atoms with E-state index in [0.29, 0.717) is 5.82 Å². The third-order valence-electron chi connectivity index (χ3n) is 4.12. The van der Waals surface area contributed by atoms with E-state index in [9.17, 15) is 14.0 Å². The summed E-state index contributed by atoms with van der Waals surface area (Å²) in [6.07, 6.45) is 6.22. The molecule has 3 heterocycles. The molecular formula is C21H15FN6O2. The van der Waals surface area contributed by atoms with Gasteiger partial charge in [0.25, 0.3) is 11.8 Å². The second kappa shape index (κ2) is 8.31. The normalized spacial score (nSPS) is 10.4. The summed E-state index contributed by atoms with van der Waals surface area (Å²) < 4.78 is 15.3. The minimum absolute atomic E-state index is 0.112. The first-order valence-corrected chi connectivity index (χ1v) is 8.89. The van der Waals surface area contributed by atoms with Crippen LogP contribution < -0.4 is 10.6 Å². The van der Waals surface area contributed by atoms with Crippen molar-refractivity contribution in [3.63, 3.8) is 0 Å². The summed E-state index contributed by atoms with van der Waals surface area (Å²) in [5.74, 6) is -1.00. The predicted octanol–water partition coefficient (Wildman–Crippen LogP) is 3.31. The summed E-state index contributed by atoms with van der Waals surface area (Å²) >= 11 is 0. The Balaban J connectivity index is 1.53. The minimum atomic E-state index is -0.562. The number of halogens is 1. The molecule has 30 heavy (non-hydrogen) atoms. The Hall–Kier alpha value is -4.40. The molecule has 4 aromatic rings. The highest BCUT2D eigenvalue weighted by atomic mass is 19.1. The molecule has 3 aromatic heterocycles. The van der Waals surface area contributed by atoms with Gasteiger partial charge in [-0.05, 0) is 48.5 Å². The number of hydrogen-bond acceptors (Lipinski definition) is 5. The molecule has 0 bridgehead atoms. The van der Waals surface area contributed by atoms with Crippen LogP contribution in [0.25, 0.3) is 5.82 Å². The van der Waals surface area contributed by atoms with Crippen LogP contribution in [0.2, 0.25) is 0 Å². The fourth-order valence-corrected chi connectivity index (χ4v) is 2.67. The SMILES string of the molecule is O=C(Nc1cc(F)ccc1NC(=O)c1ccccn1)c1ccc(-n2cccn2)nc1. The maximum atomic E-state index is 13.8. The molecule has 1 aromatic carbocycles. The highest BCUT2D eigenvalue weighted by Gasteiger charge is 2.14. The van der Waals surface area contributed by atoms with Crippen LogP contribution in [-0.4, -0.2) is 31.6 Å². The van der Waals surface area contributed by atoms with Crippen molar-refractivity contribution >= 4 is 23.2 Å². The first-order valence-electron chi connectivity index (χ1n) is 8.89. The summed E-state index contributed by atoms with van der Waals surface area (Å²) in [4.78, 5) is 33.1. The lowest BCUT2D eigenvalue weighted by Gasteiger charge is -2.12. The van der Waals surface area contributed by atoms with Gasteiger partial charge in [-0.25, -0.2) is 14.1 Å². The molecule has 2 N–H and O–H groups in total. The molecule has 0 spiro atoms. The van der Waals surface area contributed by atoms with Crippen molar-refractivity contribution in [1.82, 2.24) is 19.7 Å². The molecule has 0 atom stereocenters. The lowest BCUT2D eigenvalue weighted by molar-refractivity contribution is 0.101. The Labute approximate surface area is 170 Å². The maximum absolute atomic E-state index is 13.8. The fraction of sp³-hybridized carbons (Fsp3) is 0. The van der Waals surface area contributed by atoms with E-state index in [1.165, 1.54) is 24.5 Å². The van der Waals surface area contributed by atoms with Crippen LogP contribution in [0.15, 0.2) is 79.4 Å². The number of rotatable bonds is 5. The average molecular weight is 402 g/mol. The topological polar surface area (TPSA) is 102 Å². The Morgan fingerprint density at radius 2 is 1.73 bits per heavy atom. The number of amides is 2. The Bertz CT molecular complexity index is 1180. The first kappa shape index (κ1) is 18.9. The molecular weight excluding hydrogens is 387 g/mol. The number of nitrogens with zero attached hydrogens (tertiary/aromatic N) is 4. The van der Waals surface area contributed by atoms with Crippen LogP contribution in [0.1, 0.15) is 20.8 Å². The fourth-order valence-electron chi connectivity index (χ4n) is 2.67. The van der Waals surface area contributed by atoms with Crippen LogP contribution in [0.3, 0.4) is 0 Å². The number of nitrogens with one attached hydrogen (secondary N) is 2. The smallest absolute Gasteiger partial charge is 0.274 e. The van der Waals surface area contributed by atoms with Gasteiger partial charge in [-0.3, -0.25) is 14.6 Å². The molecule has 0 radical (unpaired) electrons. The van der Waals surface area contributed by atoms with Gasteiger partial charge in [-0.15, -0.1) is 0 Å². The van der Waals surface area contributed by atoms with Crippen LogP contribution >= 0.6 is 0 Å². The van der Waals surface area contributed by atoms with Gasteiger partial charge < -0.3 is 10.6 Å². The van der Waals surface area contributed by atoms with Crippen LogP contribution in [0.5, 0.6) is 0 Å². The molecule has 0 aliphatic carbocycles. The number of benzene rings is 1. The van der Waals surface area contributed by atoms with Crippen molar-refractivity contribution in [3.05, 3.63) is 96.5 Å². The molecule has 0 saturated carbocycles. The molecule has 9 heteroatoms. The Kier molecular flexibility index (Phi) is 5.25. The zero-order valence-electron chi connectivity index (χ0n) is 15.5. The lowest BCUT2D eigenvalue weighted by atomic mass is 10.2. The summed E-state index contributed by atoms with van der Waals surface area (Å²) in [6, 6.07) is 13.5. The zero-order chi connectivity index (χ0) is 20.9. The second-order valence-electron chi connectivity index (χ2n) is 6.17. The van der Waals surface area contributed by atoms with Gasteiger partial charge in [0.1, 0.15) is 11.5 Å². The number of pyridine rings is 2. The van der Waals surface area contributed by atoms with E-state index in [-0.39, 0.29) is 22.6 Å². The van der Waals surface area contributed by atoms with Crippen molar-refractivity contribution in [2.24, 2.45) is 0 Å². The monoisotopic (exact) mass is 402 g/mol. The third-order valence-corrected chi connectivity index (χ3v) is 4.12. The number of aromatic nitrogens is 4. The number of carbonyl (C=O) groups is 2. The van der Waals surface area contributed by atoms with E-state index in [1.54, 1.807) is 53.5 Å². The molecule has 0 aliphatic heterocycles. The number of anilines is 2. The van der Waals surface area contributed by atoms with E-state index in [4.69, 9.17) is 0 Å². The lowest BCUT2D eigenvalue weighted by Crippen LogP contribution is -2.18. The van der Waals surface area contributed by atoms with Gasteiger partial charge in [0.2, 0.25) is 0 Å². The largest absolute Gasteiger partial charge is 0.320 e. The van der Waals surface area contributed by atoms with E-state index in [1.807, 2.05) is 0 Å². The summed E-state index contributed by atoms with van der Waals surface area (Å²) in [7, 11) is 0. The van der Waals surface area contributed by atoms with E-state index < -0.39 is 17.6 Å². The molecule has 8 nitrogen and oxygen atoms in total. The van der Waals surface area contributed by atoms with Gasteiger partial charge in [0.15, 0.2) is 5.82 Å². The standard InChI is InChI=1S/C21H15FN6O2/c22-15-6-7-16(26-21(30)17-4-1-2-9-23-17)18(12-15)27-20(29)14-5-8-19(24-13-14)28-11-3-10-25-28/h1-13H,(H,26,30)(H,27,29). The molecule has 0 aliphatic rings. The average Bonchev–Trinajstić information content (AvgIpc) is 3.31. The summed E-state index contributed by atoms with van der Waals surface area (Å²) in [5.41, 5.74) is 0.802. The highest BCUT2D eigenvalue weighted by molar-refractivity contribution is 6.09. The third kappa shape index (κ3) is 4.20. The van der Waals surface area contributed by atoms with Crippen molar-refractivity contribution in [2.75, 3.05) is 10.6 Å². The molecule has 148 valence electrons. The molecule has 0 fully saturated rings. The molecule has 0 unspecified atom stereocenters. The summed E-state index contributed by atoms with van der Waals surface area (Å²) in [5, 5.41) is 9.30. The Morgan fingerprint density at radius 3 is 2.43 bits per heavy atom. The number of hydrogen-bond donors (Lipinski definition) is 2. The van der Waals surface area contributed by atoms with Gasteiger partial charge in [-0.1, -0.05) is 6.07 Å². The zero-order valence-corrected chi connectivity index (χ0v) is 15.5. The van der Waals surface area contributed by atoms with Crippen molar-refractivity contribution in [1.29, 1.82) is 0 Å². The molecule has 2 amide bonds. The quantitative estimate of drug-likeness (QED) is 0.533. The van der Waals surface area contributed by atoms with Crippen molar-refractivity contribution in [2.45, 2.75) is 0 Å². The van der Waals surface area contributed by atoms with E-state index in [2.05, 4.69) is 25.7 Å². The summed E-state index contributed by atoms with van der Waals surface area (Å²) in [6.45, 7) is 0. The van der Waals surface area contributed by atoms with Crippen molar-refractivity contribution in [3.8, 4) is 5.82 Å². The first-order chi connectivity index (χ1) is 14.6. The minimum Gasteiger partial charge on any atom is -0.320 e.